The number of rotatable bonds is 2. The number of carbonyl (C=O) groups excluding carboxylic acids is 1. The molecule has 2 amide bonds. The molecule has 1 unspecified atom stereocenters. The summed E-state index contributed by atoms with van der Waals surface area (Å²) in [6.07, 6.45) is 9.73. The van der Waals surface area contributed by atoms with Gasteiger partial charge < -0.3 is 15.5 Å². The Balaban J connectivity index is 1.55. The van der Waals surface area contributed by atoms with Gasteiger partial charge in [-0.2, -0.15) is 5.10 Å². The Hall–Kier alpha value is -2.41. The molecule has 7 heteroatoms. The predicted molar refractivity (Wildman–Crippen MR) is 108 cm³/mol. The molecule has 4 heterocycles. The van der Waals surface area contributed by atoms with Gasteiger partial charge in [0.2, 0.25) is 0 Å². The molecule has 2 aliphatic rings. The average molecular weight is 383 g/mol. The molecule has 0 bridgehead atoms. The van der Waals surface area contributed by atoms with Crippen molar-refractivity contribution in [3.05, 3.63) is 42.0 Å². The van der Waals surface area contributed by atoms with Crippen LogP contribution >= 0.6 is 0 Å². The third-order valence-electron chi connectivity index (χ3n) is 5.65. The van der Waals surface area contributed by atoms with Crippen molar-refractivity contribution in [2.45, 2.75) is 52.1 Å². The van der Waals surface area contributed by atoms with E-state index < -0.39 is 0 Å². The molecule has 2 aliphatic heterocycles. The van der Waals surface area contributed by atoms with Crippen molar-refractivity contribution in [3.63, 3.8) is 0 Å². The first kappa shape index (κ1) is 18.9. The number of nitrogens with one attached hydrogen (secondary N) is 2. The Labute approximate surface area is 166 Å². The van der Waals surface area contributed by atoms with E-state index in [1.807, 2.05) is 27.9 Å². The molecule has 0 aromatic carbocycles. The van der Waals surface area contributed by atoms with Gasteiger partial charge in [-0.3, -0.25) is 4.98 Å². The van der Waals surface area contributed by atoms with E-state index in [-0.39, 0.29) is 17.5 Å². The average Bonchev–Trinajstić information content (AvgIpc) is 2.84. The van der Waals surface area contributed by atoms with Crippen LogP contribution in [0.25, 0.3) is 5.69 Å². The summed E-state index contributed by atoms with van der Waals surface area (Å²) in [4.78, 5) is 19.1. The highest BCUT2D eigenvalue weighted by atomic mass is 16.2. The molecule has 4 rings (SSSR count). The fourth-order valence-electron chi connectivity index (χ4n) is 4.28. The minimum absolute atomic E-state index is 0.0326. The van der Waals surface area contributed by atoms with Gasteiger partial charge in [0.15, 0.2) is 0 Å². The van der Waals surface area contributed by atoms with Crippen LogP contribution < -0.4 is 10.6 Å². The summed E-state index contributed by atoms with van der Waals surface area (Å²) in [7, 11) is 0. The molecular weight excluding hydrogens is 352 g/mol. The Morgan fingerprint density at radius 3 is 2.93 bits per heavy atom. The second kappa shape index (κ2) is 7.91. The molecule has 1 saturated heterocycles. The Kier molecular flexibility index (Phi) is 5.35. The number of aromatic nitrogens is 3. The number of fused-ring (bicyclic) bond motifs is 1. The van der Waals surface area contributed by atoms with E-state index in [0.717, 1.165) is 50.1 Å². The number of pyridine rings is 1. The van der Waals surface area contributed by atoms with Gasteiger partial charge in [0.05, 0.1) is 18.4 Å². The molecule has 0 saturated carbocycles. The lowest BCUT2D eigenvalue weighted by atomic mass is 9.87. The highest BCUT2D eigenvalue weighted by Crippen LogP contribution is 2.31. The lowest BCUT2D eigenvalue weighted by molar-refractivity contribution is 0.164. The standard InChI is InChI=1S/C21H30N6O/c1-21(2)11-19-16(12-24-27(19)18-6-9-22-10-7-18)14-26(15-21)20(28)25-17-5-3-4-8-23-13-17/h6-7,9-10,12,17,23H,3-5,8,11,13-15H2,1-2H3,(H,25,28). The zero-order valence-electron chi connectivity index (χ0n) is 16.8. The van der Waals surface area contributed by atoms with Crippen LogP contribution in [0.15, 0.2) is 30.7 Å². The third-order valence-corrected chi connectivity index (χ3v) is 5.65. The van der Waals surface area contributed by atoms with E-state index in [4.69, 9.17) is 0 Å². The Morgan fingerprint density at radius 1 is 1.29 bits per heavy atom. The predicted octanol–water partition coefficient (Wildman–Crippen LogP) is 2.50. The number of hydrogen-bond acceptors (Lipinski definition) is 4. The zero-order chi connectivity index (χ0) is 19.6. The van der Waals surface area contributed by atoms with Gasteiger partial charge in [-0.15, -0.1) is 0 Å². The van der Waals surface area contributed by atoms with Crippen molar-refractivity contribution in [1.29, 1.82) is 0 Å². The molecule has 2 aromatic rings. The summed E-state index contributed by atoms with van der Waals surface area (Å²) in [6, 6.07) is 4.18. The monoisotopic (exact) mass is 382 g/mol. The maximum Gasteiger partial charge on any atom is 0.317 e. The first-order valence-electron chi connectivity index (χ1n) is 10.2. The summed E-state index contributed by atoms with van der Waals surface area (Å²) in [5.41, 5.74) is 3.28. The van der Waals surface area contributed by atoms with Gasteiger partial charge in [-0.25, -0.2) is 9.48 Å². The second-order valence-electron chi connectivity index (χ2n) is 8.78. The summed E-state index contributed by atoms with van der Waals surface area (Å²) >= 11 is 0. The SMILES string of the molecule is CC1(C)Cc2c(cnn2-c2ccncc2)CN(C(=O)NC2CCCCNC2)C1. The fraction of sp³-hybridized carbons (Fsp3) is 0.571. The largest absolute Gasteiger partial charge is 0.334 e. The Bertz CT molecular complexity index is 808. The maximum absolute atomic E-state index is 13.1. The molecule has 2 N–H and O–H groups in total. The maximum atomic E-state index is 13.1. The van der Waals surface area contributed by atoms with Crippen LogP contribution in [0.4, 0.5) is 4.79 Å². The first-order valence-corrected chi connectivity index (χ1v) is 10.2. The molecule has 2 aromatic heterocycles. The number of urea groups is 1. The van der Waals surface area contributed by atoms with Crippen molar-refractivity contribution < 1.29 is 4.79 Å². The normalized spacial score (nSPS) is 22.1. The van der Waals surface area contributed by atoms with E-state index in [1.54, 1.807) is 12.4 Å². The van der Waals surface area contributed by atoms with Gasteiger partial charge in [-0.1, -0.05) is 20.3 Å². The van der Waals surface area contributed by atoms with Crippen LogP contribution in [0.2, 0.25) is 0 Å². The highest BCUT2D eigenvalue weighted by molar-refractivity contribution is 5.74. The highest BCUT2D eigenvalue weighted by Gasteiger charge is 2.33. The third kappa shape index (κ3) is 4.19. The van der Waals surface area contributed by atoms with Gasteiger partial charge in [0, 0.05) is 42.8 Å². The number of amides is 2. The van der Waals surface area contributed by atoms with Crippen LogP contribution in [0, 0.1) is 5.41 Å². The molecule has 1 atom stereocenters. The van der Waals surface area contributed by atoms with Gasteiger partial charge in [0.25, 0.3) is 0 Å². The van der Waals surface area contributed by atoms with Crippen molar-refractivity contribution in [1.82, 2.24) is 30.3 Å². The molecule has 1 fully saturated rings. The van der Waals surface area contributed by atoms with Crippen LogP contribution in [0.1, 0.15) is 44.4 Å². The molecular formula is C21H30N6O. The van der Waals surface area contributed by atoms with E-state index in [1.165, 1.54) is 12.1 Å². The first-order chi connectivity index (χ1) is 13.5. The molecule has 0 spiro atoms. The lowest BCUT2D eigenvalue weighted by Gasteiger charge is -2.31. The van der Waals surface area contributed by atoms with Crippen molar-refractivity contribution in [2.75, 3.05) is 19.6 Å². The van der Waals surface area contributed by atoms with Crippen LogP contribution in [-0.2, 0) is 13.0 Å². The van der Waals surface area contributed by atoms with Gasteiger partial charge in [-0.05, 0) is 43.4 Å². The van der Waals surface area contributed by atoms with Crippen LogP contribution in [0.5, 0.6) is 0 Å². The minimum atomic E-state index is -0.0326. The fourth-order valence-corrected chi connectivity index (χ4v) is 4.28. The smallest absolute Gasteiger partial charge is 0.317 e. The van der Waals surface area contributed by atoms with Crippen molar-refractivity contribution >= 4 is 6.03 Å². The Morgan fingerprint density at radius 2 is 2.11 bits per heavy atom. The quantitative estimate of drug-likeness (QED) is 0.837. The topological polar surface area (TPSA) is 75.1 Å². The molecule has 28 heavy (non-hydrogen) atoms. The molecule has 7 nitrogen and oxygen atoms in total. The number of carbonyl (C=O) groups is 1. The number of nitrogens with zero attached hydrogens (tertiary/aromatic N) is 4. The van der Waals surface area contributed by atoms with Crippen molar-refractivity contribution in [2.24, 2.45) is 5.41 Å². The lowest BCUT2D eigenvalue weighted by Crippen LogP contribution is -2.49. The summed E-state index contributed by atoms with van der Waals surface area (Å²) in [6.45, 7) is 7.66. The van der Waals surface area contributed by atoms with Crippen LogP contribution in [-0.4, -0.2) is 51.4 Å². The summed E-state index contributed by atoms with van der Waals surface area (Å²) < 4.78 is 2.00. The van der Waals surface area contributed by atoms with Crippen LogP contribution in [0.3, 0.4) is 0 Å². The summed E-state index contributed by atoms with van der Waals surface area (Å²) in [5, 5.41) is 11.3. The van der Waals surface area contributed by atoms with Crippen molar-refractivity contribution in [3.8, 4) is 5.69 Å². The van der Waals surface area contributed by atoms with Gasteiger partial charge in [0.1, 0.15) is 0 Å². The molecule has 0 radical (unpaired) electrons. The minimum Gasteiger partial charge on any atom is -0.334 e. The summed E-state index contributed by atoms with van der Waals surface area (Å²) in [5.74, 6) is 0. The second-order valence-corrected chi connectivity index (χ2v) is 8.78. The molecule has 0 aliphatic carbocycles. The van der Waals surface area contributed by atoms with E-state index >= 15 is 0 Å². The van der Waals surface area contributed by atoms with E-state index in [9.17, 15) is 4.79 Å². The number of hydrogen-bond donors (Lipinski definition) is 2. The van der Waals surface area contributed by atoms with E-state index in [2.05, 4.69) is 34.6 Å². The van der Waals surface area contributed by atoms with E-state index in [0.29, 0.717) is 6.54 Å². The molecule has 150 valence electrons. The van der Waals surface area contributed by atoms with Gasteiger partial charge >= 0.3 is 6.03 Å². The zero-order valence-corrected chi connectivity index (χ0v) is 16.8.